The molecule has 3 N–H and O–H groups in total. The number of nitrogens with one attached hydrogen (secondary N) is 1. The van der Waals surface area contributed by atoms with Crippen LogP contribution in [0.15, 0.2) is 18.2 Å². The number of nitrogen functional groups attached to an aromatic ring is 1. The molecule has 0 atom stereocenters. The number of halogens is 1. The lowest BCUT2D eigenvalue weighted by molar-refractivity contribution is -0.140. The fourth-order valence-corrected chi connectivity index (χ4v) is 2.45. The number of hydrogen-bond acceptors (Lipinski definition) is 5. The number of anilines is 2. The second-order valence-electron chi connectivity index (χ2n) is 3.98. The fraction of sp³-hybridized carbons (Fsp3) is 0.385. The van der Waals surface area contributed by atoms with Crippen LogP contribution in [0.1, 0.15) is 12.8 Å². The molecule has 0 heterocycles. The standard InChI is InChI=1S/C13H17ClN2O3S/c1-19-13(18)5-7-20-6-4-12(17)16-11-3-2-9(15)8-10(11)14/h2-3,8H,4-7,15H2,1H3,(H,16,17). The number of esters is 1. The van der Waals surface area contributed by atoms with Crippen LogP contribution in [-0.2, 0) is 14.3 Å². The van der Waals surface area contributed by atoms with Crippen molar-refractivity contribution in [2.24, 2.45) is 0 Å². The quantitative estimate of drug-likeness (QED) is 0.459. The second kappa shape index (κ2) is 8.71. The Morgan fingerprint density at radius 2 is 2.05 bits per heavy atom. The molecule has 20 heavy (non-hydrogen) atoms. The number of methoxy groups -OCH3 is 1. The molecule has 0 aliphatic carbocycles. The van der Waals surface area contributed by atoms with Crippen LogP contribution >= 0.6 is 23.4 Å². The smallest absolute Gasteiger partial charge is 0.306 e. The Balaban J connectivity index is 2.25. The average molecular weight is 317 g/mol. The van der Waals surface area contributed by atoms with Gasteiger partial charge in [0.05, 0.1) is 24.2 Å². The molecular formula is C13H17ClN2O3S. The van der Waals surface area contributed by atoms with E-state index >= 15 is 0 Å². The van der Waals surface area contributed by atoms with Gasteiger partial charge in [0.1, 0.15) is 0 Å². The van der Waals surface area contributed by atoms with Crippen molar-refractivity contribution in [3.8, 4) is 0 Å². The zero-order chi connectivity index (χ0) is 15.0. The van der Waals surface area contributed by atoms with E-state index in [-0.39, 0.29) is 11.9 Å². The summed E-state index contributed by atoms with van der Waals surface area (Å²) >= 11 is 7.48. The maximum Gasteiger partial charge on any atom is 0.306 e. The van der Waals surface area contributed by atoms with Gasteiger partial charge in [-0.1, -0.05) is 11.6 Å². The predicted octanol–water partition coefficient (Wildman–Crippen LogP) is 2.55. The number of hydrogen-bond donors (Lipinski definition) is 2. The van der Waals surface area contributed by atoms with E-state index in [0.717, 1.165) is 0 Å². The minimum Gasteiger partial charge on any atom is -0.469 e. The normalized spacial score (nSPS) is 10.1. The van der Waals surface area contributed by atoms with Crippen molar-refractivity contribution >= 4 is 46.6 Å². The topological polar surface area (TPSA) is 81.4 Å². The number of benzene rings is 1. The lowest BCUT2D eigenvalue weighted by atomic mass is 10.3. The third-order valence-electron chi connectivity index (χ3n) is 2.42. The van der Waals surface area contributed by atoms with E-state index in [1.807, 2.05) is 0 Å². The number of nitrogens with two attached hydrogens (primary N) is 1. The number of carbonyl (C=O) groups excluding carboxylic acids is 2. The summed E-state index contributed by atoms with van der Waals surface area (Å²) in [5.41, 5.74) is 6.66. The van der Waals surface area contributed by atoms with Crippen LogP contribution in [0.25, 0.3) is 0 Å². The minimum atomic E-state index is -0.240. The molecule has 0 unspecified atom stereocenters. The van der Waals surface area contributed by atoms with Gasteiger partial charge in [-0.3, -0.25) is 9.59 Å². The summed E-state index contributed by atoms with van der Waals surface area (Å²) in [5, 5.41) is 3.13. The molecule has 1 aromatic rings. The van der Waals surface area contributed by atoms with E-state index < -0.39 is 0 Å². The molecule has 0 aliphatic rings. The van der Waals surface area contributed by atoms with Crippen molar-refractivity contribution in [3.63, 3.8) is 0 Å². The van der Waals surface area contributed by atoms with E-state index in [1.54, 1.807) is 18.2 Å². The molecule has 5 nitrogen and oxygen atoms in total. The zero-order valence-corrected chi connectivity index (χ0v) is 12.7. The first-order valence-electron chi connectivity index (χ1n) is 6.02. The van der Waals surface area contributed by atoms with Crippen molar-refractivity contribution < 1.29 is 14.3 Å². The first-order chi connectivity index (χ1) is 9.52. The van der Waals surface area contributed by atoms with Gasteiger partial charge in [-0.15, -0.1) is 0 Å². The maximum atomic E-state index is 11.7. The van der Waals surface area contributed by atoms with Crippen molar-refractivity contribution in [2.45, 2.75) is 12.8 Å². The Morgan fingerprint density at radius 3 is 2.70 bits per heavy atom. The third-order valence-corrected chi connectivity index (χ3v) is 3.72. The third kappa shape index (κ3) is 6.16. The van der Waals surface area contributed by atoms with Gasteiger partial charge in [0.25, 0.3) is 0 Å². The van der Waals surface area contributed by atoms with E-state index in [0.29, 0.717) is 40.7 Å². The van der Waals surface area contributed by atoms with Crippen LogP contribution in [0.5, 0.6) is 0 Å². The highest BCUT2D eigenvalue weighted by Crippen LogP contribution is 2.24. The molecule has 0 saturated carbocycles. The van der Waals surface area contributed by atoms with Crippen molar-refractivity contribution in [1.82, 2.24) is 0 Å². The van der Waals surface area contributed by atoms with E-state index in [1.165, 1.54) is 18.9 Å². The number of thioether (sulfide) groups is 1. The summed E-state index contributed by atoms with van der Waals surface area (Å²) in [6.45, 7) is 0. The van der Waals surface area contributed by atoms with E-state index in [9.17, 15) is 9.59 Å². The highest BCUT2D eigenvalue weighted by atomic mass is 35.5. The monoisotopic (exact) mass is 316 g/mol. The van der Waals surface area contributed by atoms with E-state index in [2.05, 4.69) is 10.1 Å². The molecule has 0 fully saturated rings. The lowest BCUT2D eigenvalue weighted by Gasteiger charge is -2.07. The highest BCUT2D eigenvalue weighted by molar-refractivity contribution is 7.99. The first-order valence-corrected chi connectivity index (χ1v) is 7.55. The van der Waals surface area contributed by atoms with Crippen molar-refractivity contribution in [3.05, 3.63) is 23.2 Å². The predicted molar refractivity (Wildman–Crippen MR) is 83.1 cm³/mol. The Hall–Kier alpha value is -1.40. The molecule has 0 spiro atoms. The first kappa shape index (κ1) is 16.7. The molecular weight excluding hydrogens is 300 g/mol. The zero-order valence-electron chi connectivity index (χ0n) is 11.1. The van der Waals surface area contributed by atoms with Crippen LogP contribution in [0, 0.1) is 0 Å². The second-order valence-corrected chi connectivity index (χ2v) is 5.61. The molecule has 0 aliphatic heterocycles. The van der Waals surface area contributed by atoms with Gasteiger partial charge in [-0.25, -0.2) is 0 Å². The molecule has 0 aromatic heterocycles. The molecule has 1 rings (SSSR count). The molecule has 0 saturated heterocycles. The van der Waals surface area contributed by atoms with Gasteiger partial charge in [-0.05, 0) is 18.2 Å². The van der Waals surface area contributed by atoms with Gasteiger partial charge in [-0.2, -0.15) is 11.8 Å². The van der Waals surface area contributed by atoms with Crippen molar-refractivity contribution in [1.29, 1.82) is 0 Å². The van der Waals surface area contributed by atoms with Gasteiger partial charge in [0.2, 0.25) is 5.91 Å². The fourth-order valence-electron chi connectivity index (χ4n) is 1.37. The molecule has 7 heteroatoms. The Kier molecular flexibility index (Phi) is 7.25. The van der Waals surface area contributed by atoms with Crippen LogP contribution < -0.4 is 11.1 Å². The van der Waals surface area contributed by atoms with Gasteiger partial charge < -0.3 is 15.8 Å². The maximum absolute atomic E-state index is 11.7. The van der Waals surface area contributed by atoms with Gasteiger partial charge in [0.15, 0.2) is 0 Å². The summed E-state index contributed by atoms with van der Waals surface area (Å²) in [5.74, 6) is 0.913. The Morgan fingerprint density at radius 1 is 1.35 bits per heavy atom. The molecule has 110 valence electrons. The molecule has 0 bridgehead atoms. The summed E-state index contributed by atoms with van der Waals surface area (Å²) in [6.07, 6.45) is 0.707. The molecule has 1 aromatic carbocycles. The molecule has 0 radical (unpaired) electrons. The summed E-state index contributed by atoms with van der Waals surface area (Å²) < 4.78 is 4.52. The van der Waals surface area contributed by atoms with E-state index in [4.69, 9.17) is 17.3 Å². The SMILES string of the molecule is COC(=O)CCSCCC(=O)Nc1ccc(N)cc1Cl. The number of amides is 1. The van der Waals surface area contributed by atoms with Crippen LogP contribution in [-0.4, -0.2) is 30.5 Å². The summed E-state index contributed by atoms with van der Waals surface area (Å²) in [4.78, 5) is 22.6. The minimum absolute atomic E-state index is 0.123. The largest absolute Gasteiger partial charge is 0.469 e. The van der Waals surface area contributed by atoms with Crippen LogP contribution in [0.3, 0.4) is 0 Å². The Bertz CT molecular complexity index is 483. The highest BCUT2D eigenvalue weighted by Gasteiger charge is 2.06. The number of rotatable bonds is 7. The average Bonchev–Trinajstić information content (AvgIpc) is 2.41. The number of carbonyl (C=O) groups is 2. The number of ether oxygens (including phenoxy) is 1. The van der Waals surface area contributed by atoms with Gasteiger partial charge in [0, 0.05) is 23.6 Å². The van der Waals surface area contributed by atoms with Crippen molar-refractivity contribution in [2.75, 3.05) is 29.7 Å². The van der Waals surface area contributed by atoms with Crippen LogP contribution in [0.4, 0.5) is 11.4 Å². The summed E-state index contributed by atoms with van der Waals surface area (Å²) in [6, 6.07) is 4.93. The van der Waals surface area contributed by atoms with Gasteiger partial charge >= 0.3 is 5.97 Å². The molecule has 1 amide bonds. The Labute approximate surface area is 127 Å². The lowest BCUT2D eigenvalue weighted by Crippen LogP contribution is -2.13. The van der Waals surface area contributed by atoms with Crippen LogP contribution in [0.2, 0.25) is 5.02 Å². The summed E-state index contributed by atoms with van der Waals surface area (Å²) in [7, 11) is 1.36.